The summed E-state index contributed by atoms with van der Waals surface area (Å²) in [6.07, 6.45) is -4.18. The van der Waals surface area contributed by atoms with Crippen LogP contribution in [0, 0.1) is 5.92 Å². The van der Waals surface area contributed by atoms with Gasteiger partial charge in [-0.3, -0.25) is 4.98 Å². The number of nitrogens with one attached hydrogen (secondary N) is 1. The van der Waals surface area contributed by atoms with Gasteiger partial charge in [0.05, 0.1) is 6.10 Å². The highest BCUT2D eigenvalue weighted by atomic mass is 32.2. The summed E-state index contributed by atoms with van der Waals surface area (Å²) in [7, 11) is -4.00. The Morgan fingerprint density at radius 2 is 2.00 bits per heavy atom. The van der Waals surface area contributed by atoms with Gasteiger partial charge in [0.15, 0.2) is 0 Å². The van der Waals surface area contributed by atoms with Crippen LogP contribution in [0.15, 0.2) is 23.2 Å². The molecule has 1 rings (SSSR count). The Hall–Kier alpha value is -1.19. The van der Waals surface area contributed by atoms with Crippen LogP contribution in [-0.2, 0) is 16.2 Å². The molecule has 21 heavy (non-hydrogen) atoms. The molecule has 0 aliphatic rings. The Morgan fingerprint density at radius 1 is 1.38 bits per heavy atom. The number of rotatable bonds is 6. The lowest BCUT2D eigenvalue weighted by atomic mass is 10.0. The number of hydrogen-bond donors (Lipinski definition) is 2. The van der Waals surface area contributed by atoms with E-state index in [1.165, 1.54) is 0 Å². The Bertz CT molecular complexity index is 558. The van der Waals surface area contributed by atoms with Crippen LogP contribution in [0.5, 0.6) is 0 Å². The molecule has 2 N–H and O–H groups in total. The van der Waals surface area contributed by atoms with E-state index in [0.29, 0.717) is 18.7 Å². The van der Waals surface area contributed by atoms with Crippen LogP contribution in [0.1, 0.15) is 26.0 Å². The van der Waals surface area contributed by atoms with Crippen molar-refractivity contribution >= 4 is 10.0 Å². The molecule has 0 bridgehead atoms. The number of alkyl halides is 3. The minimum Gasteiger partial charge on any atom is -0.391 e. The molecule has 0 aromatic carbocycles. The highest BCUT2D eigenvalue weighted by Crippen LogP contribution is 2.27. The summed E-state index contributed by atoms with van der Waals surface area (Å²) in [6.45, 7) is 3.40. The van der Waals surface area contributed by atoms with Crippen molar-refractivity contribution in [1.29, 1.82) is 0 Å². The fraction of sp³-hybridized carbons (Fsp3) is 0.583. The Labute approximate surface area is 121 Å². The first-order chi connectivity index (χ1) is 9.58. The van der Waals surface area contributed by atoms with Crippen molar-refractivity contribution in [2.45, 2.75) is 37.4 Å². The van der Waals surface area contributed by atoms with E-state index in [1.54, 1.807) is 6.92 Å². The predicted molar refractivity (Wildman–Crippen MR) is 69.9 cm³/mol. The average Bonchev–Trinajstić information content (AvgIpc) is 2.43. The fourth-order valence-corrected chi connectivity index (χ4v) is 2.45. The number of hydrogen-bond acceptors (Lipinski definition) is 4. The van der Waals surface area contributed by atoms with Gasteiger partial charge in [-0.05, 0) is 18.1 Å². The standard InChI is InChI=1S/C12H17F3N2O3S/c1-3-8(2)10(18)7-17-21(19,20)9-4-5-11(16-6-9)12(13,14)15/h4-6,8,10,17-18H,3,7H2,1-2H3/t8-,10+/m1/s1. The topological polar surface area (TPSA) is 79.3 Å². The van der Waals surface area contributed by atoms with Crippen LogP contribution in [0.3, 0.4) is 0 Å². The molecule has 120 valence electrons. The van der Waals surface area contributed by atoms with Crippen molar-refractivity contribution in [1.82, 2.24) is 9.71 Å². The Balaban J connectivity index is 2.80. The summed E-state index contributed by atoms with van der Waals surface area (Å²) in [5, 5.41) is 9.69. The summed E-state index contributed by atoms with van der Waals surface area (Å²) in [5.74, 6) is -0.0987. The van der Waals surface area contributed by atoms with Crippen molar-refractivity contribution in [3.8, 4) is 0 Å². The fourth-order valence-electron chi connectivity index (χ4n) is 1.46. The Morgan fingerprint density at radius 3 is 2.43 bits per heavy atom. The van der Waals surface area contributed by atoms with Gasteiger partial charge < -0.3 is 5.11 Å². The molecule has 0 fully saturated rings. The molecule has 1 aromatic rings. The first kappa shape index (κ1) is 17.9. The van der Waals surface area contributed by atoms with Gasteiger partial charge in [0.2, 0.25) is 10.0 Å². The highest BCUT2D eigenvalue weighted by molar-refractivity contribution is 7.89. The first-order valence-corrected chi connectivity index (χ1v) is 7.77. The van der Waals surface area contributed by atoms with Gasteiger partial charge in [-0.15, -0.1) is 0 Å². The van der Waals surface area contributed by atoms with Gasteiger partial charge in [0.25, 0.3) is 0 Å². The number of aliphatic hydroxyl groups is 1. The lowest BCUT2D eigenvalue weighted by Crippen LogP contribution is -2.35. The third-order valence-corrected chi connectivity index (χ3v) is 4.53. The molecule has 0 spiro atoms. The monoisotopic (exact) mass is 326 g/mol. The van der Waals surface area contributed by atoms with Gasteiger partial charge in [-0.1, -0.05) is 20.3 Å². The third kappa shape index (κ3) is 4.94. The van der Waals surface area contributed by atoms with E-state index < -0.39 is 28.0 Å². The molecule has 2 atom stereocenters. The minimum absolute atomic E-state index is 0.0987. The molecular formula is C12H17F3N2O3S. The van der Waals surface area contributed by atoms with Crippen molar-refractivity contribution in [2.24, 2.45) is 5.92 Å². The van der Waals surface area contributed by atoms with E-state index in [9.17, 15) is 26.7 Å². The molecule has 0 saturated carbocycles. The van der Waals surface area contributed by atoms with Crippen molar-refractivity contribution < 1.29 is 26.7 Å². The normalized spacial score (nSPS) is 15.7. The molecule has 0 aliphatic heterocycles. The third-order valence-electron chi connectivity index (χ3n) is 3.12. The zero-order chi connectivity index (χ0) is 16.3. The molecule has 0 unspecified atom stereocenters. The number of pyridine rings is 1. The summed E-state index contributed by atoms with van der Waals surface area (Å²) < 4.78 is 62.9. The summed E-state index contributed by atoms with van der Waals surface area (Å²) in [4.78, 5) is 2.71. The number of halogens is 3. The molecule has 0 aliphatic carbocycles. The first-order valence-electron chi connectivity index (χ1n) is 6.29. The second kappa shape index (κ2) is 6.71. The quantitative estimate of drug-likeness (QED) is 0.835. The van der Waals surface area contributed by atoms with Crippen molar-refractivity contribution in [2.75, 3.05) is 6.54 Å². The maximum Gasteiger partial charge on any atom is 0.433 e. The van der Waals surface area contributed by atoms with E-state index in [1.807, 2.05) is 6.92 Å². The molecule has 1 heterocycles. The zero-order valence-electron chi connectivity index (χ0n) is 11.6. The molecule has 9 heteroatoms. The number of aromatic nitrogens is 1. The van der Waals surface area contributed by atoms with Crippen LogP contribution < -0.4 is 4.72 Å². The van der Waals surface area contributed by atoms with Gasteiger partial charge in [0, 0.05) is 12.7 Å². The van der Waals surface area contributed by atoms with Gasteiger partial charge >= 0.3 is 6.18 Å². The number of sulfonamides is 1. The lowest BCUT2D eigenvalue weighted by Gasteiger charge is -2.17. The van der Waals surface area contributed by atoms with E-state index in [4.69, 9.17) is 0 Å². The van der Waals surface area contributed by atoms with Crippen LogP contribution in [-0.4, -0.2) is 31.2 Å². The Kier molecular flexibility index (Phi) is 5.71. The van der Waals surface area contributed by atoms with Crippen molar-refractivity contribution in [3.05, 3.63) is 24.0 Å². The maximum atomic E-state index is 12.3. The summed E-state index contributed by atoms with van der Waals surface area (Å²) in [6, 6.07) is 1.42. The predicted octanol–water partition coefficient (Wildman–Crippen LogP) is 1.79. The number of aliphatic hydroxyl groups excluding tert-OH is 1. The maximum absolute atomic E-state index is 12.3. The molecular weight excluding hydrogens is 309 g/mol. The van der Waals surface area contributed by atoms with Crippen molar-refractivity contribution in [3.63, 3.8) is 0 Å². The highest BCUT2D eigenvalue weighted by Gasteiger charge is 2.32. The average molecular weight is 326 g/mol. The van der Waals surface area contributed by atoms with E-state index in [-0.39, 0.29) is 17.4 Å². The van der Waals surface area contributed by atoms with Crippen LogP contribution in [0.4, 0.5) is 13.2 Å². The molecule has 1 aromatic heterocycles. The van der Waals surface area contributed by atoms with E-state index in [2.05, 4.69) is 9.71 Å². The molecule has 0 saturated heterocycles. The largest absolute Gasteiger partial charge is 0.433 e. The van der Waals surface area contributed by atoms with Crippen LogP contribution >= 0.6 is 0 Å². The minimum atomic E-state index is -4.62. The van der Waals surface area contributed by atoms with Gasteiger partial charge in [-0.2, -0.15) is 13.2 Å². The van der Waals surface area contributed by atoms with Crippen LogP contribution in [0.2, 0.25) is 0 Å². The summed E-state index contributed by atoms with van der Waals surface area (Å²) >= 11 is 0. The van der Waals surface area contributed by atoms with Crippen LogP contribution in [0.25, 0.3) is 0 Å². The summed E-state index contributed by atoms with van der Waals surface area (Å²) in [5.41, 5.74) is -1.17. The number of nitrogens with zero attached hydrogens (tertiary/aromatic N) is 1. The second-order valence-electron chi connectivity index (χ2n) is 4.68. The van der Waals surface area contributed by atoms with Gasteiger partial charge in [-0.25, -0.2) is 13.1 Å². The van der Waals surface area contributed by atoms with E-state index >= 15 is 0 Å². The zero-order valence-corrected chi connectivity index (χ0v) is 12.4. The van der Waals surface area contributed by atoms with Gasteiger partial charge in [0.1, 0.15) is 10.6 Å². The molecule has 0 radical (unpaired) electrons. The SMILES string of the molecule is CC[C@@H](C)[C@@H](O)CNS(=O)(=O)c1ccc(C(F)(F)F)nc1. The lowest BCUT2D eigenvalue weighted by molar-refractivity contribution is -0.141. The smallest absolute Gasteiger partial charge is 0.391 e. The molecule has 5 nitrogen and oxygen atoms in total. The molecule has 0 amide bonds. The second-order valence-corrected chi connectivity index (χ2v) is 6.45. The van der Waals surface area contributed by atoms with E-state index in [0.717, 1.165) is 6.07 Å².